The van der Waals surface area contributed by atoms with E-state index in [4.69, 9.17) is 0 Å². The van der Waals surface area contributed by atoms with Gasteiger partial charge < -0.3 is 0 Å². The minimum absolute atomic E-state index is 0.145. The zero-order valence-corrected chi connectivity index (χ0v) is 12.5. The number of sulfonamides is 1. The van der Waals surface area contributed by atoms with Gasteiger partial charge in [-0.1, -0.05) is 6.92 Å². The average Bonchev–Trinajstić information content (AvgIpc) is 2.46. The van der Waals surface area contributed by atoms with Gasteiger partial charge in [0.15, 0.2) is 0 Å². The van der Waals surface area contributed by atoms with Crippen LogP contribution >= 0.6 is 0 Å². The number of hydrogen-bond donors (Lipinski definition) is 1. The van der Waals surface area contributed by atoms with Gasteiger partial charge in [0, 0.05) is 12.4 Å². The smallest absolute Gasteiger partial charge is 0.245 e. The highest BCUT2D eigenvalue weighted by Crippen LogP contribution is 2.16. The number of carbonyl (C=O) groups excluding carboxylic acids is 2. The first-order chi connectivity index (χ1) is 9.94. The summed E-state index contributed by atoms with van der Waals surface area (Å²) in [5, 5.41) is 2.16. The van der Waals surface area contributed by atoms with Crippen LogP contribution < -0.4 is 5.32 Å². The monoisotopic (exact) mass is 311 g/mol. The highest BCUT2D eigenvalue weighted by molar-refractivity contribution is 7.89. The van der Waals surface area contributed by atoms with Crippen molar-refractivity contribution in [1.29, 1.82) is 0 Å². The van der Waals surface area contributed by atoms with Crippen molar-refractivity contribution >= 4 is 21.8 Å². The maximum atomic E-state index is 12.4. The SMILES string of the molecule is CCC1C(=O)NC(=O)CN1S(=O)(=O)CCc1ccncc1. The fraction of sp³-hybridized carbons (Fsp3) is 0.462. The summed E-state index contributed by atoms with van der Waals surface area (Å²) in [7, 11) is -3.68. The molecule has 0 bridgehead atoms. The maximum Gasteiger partial charge on any atom is 0.245 e. The molecule has 1 aromatic heterocycles. The van der Waals surface area contributed by atoms with E-state index in [1.54, 1.807) is 31.5 Å². The maximum absolute atomic E-state index is 12.4. The molecule has 1 atom stereocenters. The lowest BCUT2D eigenvalue weighted by Crippen LogP contribution is -2.59. The van der Waals surface area contributed by atoms with E-state index in [2.05, 4.69) is 10.3 Å². The summed E-state index contributed by atoms with van der Waals surface area (Å²) in [5.41, 5.74) is 0.842. The van der Waals surface area contributed by atoms with E-state index in [1.807, 2.05) is 0 Å². The summed E-state index contributed by atoms with van der Waals surface area (Å²) in [6, 6.07) is 2.66. The third-order valence-corrected chi connectivity index (χ3v) is 5.17. The second kappa shape index (κ2) is 6.31. The minimum atomic E-state index is -3.68. The second-order valence-electron chi connectivity index (χ2n) is 4.80. The molecule has 1 saturated heterocycles. The molecule has 0 radical (unpaired) electrons. The van der Waals surface area contributed by atoms with Crippen LogP contribution in [0.2, 0.25) is 0 Å². The molecule has 1 unspecified atom stereocenters. The molecule has 1 aliphatic rings. The van der Waals surface area contributed by atoms with E-state index in [0.717, 1.165) is 9.87 Å². The van der Waals surface area contributed by atoms with Crippen LogP contribution in [0.15, 0.2) is 24.5 Å². The minimum Gasteiger partial charge on any atom is -0.294 e. The Labute approximate surface area is 123 Å². The lowest BCUT2D eigenvalue weighted by atomic mass is 10.2. The van der Waals surface area contributed by atoms with Crippen LogP contribution in [0, 0.1) is 0 Å². The van der Waals surface area contributed by atoms with Gasteiger partial charge in [-0.05, 0) is 30.5 Å². The first-order valence-corrected chi connectivity index (χ1v) is 8.27. The standard InChI is InChI=1S/C13H17N3O4S/c1-2-11-13(18)15-12(17)9-16(11)21(19,20)8-5-10-3-6-14-7-4-10/h3-4,6-7,11H,2,5,8-9H2,1H3,(H,15,17,18). The van der Waals surface area contributed by atoms with Crippen molar-refractivity contribution < 1.29 is 18.0 Å². The van der Waals surface area contributed by atoms with Gasteiger partial charge in [0.2, 0.25) is 21.8 Å². The van der Waals surface area contributed by atoms with Gasteiger partial charge in [-0.3, -0.25) is 19.9 Å². The fourth-order valence-corrected chi connectivity index (χ4v) is 3.91. The normalized spacial score (nSPS) is 20.3. The predicted octanol–water partition coefficient (Wildman–Crippen LogP) is -0.309. The zero-order chi connectivity index (χ0) is 15.5. The summed E-state index contributed by atoms with van der Waals surface area (Å²) < 4.78 is 25.8. The number of rotatable bonds is 5. The van der Waals surface area contributed by atoms with Crippen LogP contribution in [0.5, 0.6) is 0 Å². The Morgan fingerprint density at radius 1 is 1.33 bits per heavy atom. The number of imide groups is 1. The zero-order valence-electron chi connectivity index (χ0n) is 11.7. The number of aromatic nitrogens is 1. The van der Waals surface area contributed by atoms with Crippen molar-refractivity contribution in [2.75, 3.05) is 12.3 Å². The predicted molar refractivity (Wildman–Crippen MR) is 75.7 cm³/mol. The Morgan fingerprint density at radius 3 is 2.62 bits per heavy atom. The largest absolute Gasteiger partial charge is 0.294 e. The van der Waals surface area contributed by atoms with Crippen molar-refractivity contribution in [1.82, 2.24) is 14.6 Å². The van der Waals surface area contributed by atoms with Crippen LogP contribution in [0.3, 0.4) is 0 Å². The van der Waals surface area contributed by atoms with Crippen LogP contribution in [-0.4, -0.2) is 47.9 Å². The van der Waals surface area contributed by atoms with E-state index < -0.39 is 27.9 Å². The number of aryl methyl sites for hydroxylation is 1. The van der Waals surface area contributed by atoms with Gasteiger partial charge in [0.05, 0.1) is 12.3 Å². The van der Waals surface area contributed by atoms with Gasteiger partial charge >= 0.3 is 0 Å². The van der Waals surface area contributed by atoms with Crippen LogP contribution in [-0.2, 0) is 26.0 Å². The topological polar surface area (TPSA) is 96.4 Å². The molecule has 1 N–H and O–H groups in total. The molecule has 0 saturated carbocycles. The molecule has 7 nitrogen and oxygen atoms in total. The van der Waals surface area contributed by atoms with E-state index >= 15 is 0 Å². The Bertz CT molecular complexity index is 630. The molecular weight excluding hydrogens is 294 g/mol. The second-order valence-corrected chi connectivity index (χ2v) is 6.84. The quantitative estimate of drug-likeness (QED) is 0.753. The highest BCUT2D eigenvalue weighted by atomic mass is 32.2. The molecular formula is C13H17N3O4S. The fourth-order valence-electron chi connectivity index (χ4n) is 2.24. The Morgan fingerprint density at radius 2 is 2.00 bits per heavy atom. The molecule has 0 aliphatic carbocycles. The molecule has 0 aromatic carbocycles. The summed E-state index contributed by atoms with van der Waals surface area (Å²) in [4.78, 5) is 27.0. The molecule has 0 spiro atoms. The van der Waals surface area contributed by atoms with Crippen LogP contribution in [0.1, 0.15) is 18.9 Å². The number of amides is 2. The van der Waals surface area contributed by atoms with Crippen molar-refractivity contribution in [3.05, 3.63) is 30.1 Å². The van der Waals surface area contributed by atoms with Gasteiger partial charge in [0.25, 0.3) is 0 Å². The molecule has 21 heavy (non-hydrogen) atoms. The van der Waals surface area contributed by atoms with E-state index in [1.165, 1.54) is 0 Å². The summed E-state index contributed by atoms with van der Waals surface area (Å²) in [6.45, 7) is 1.41. The number of nitrogens with one attached hydrogen (secondary N) is 1. The molecule has 1 aliphatic heterocycles. The number of nitrogens with zero attached hydrogens (tertiary/aromatic N) is 2. The first kappa shape index (κ1) is 15.6. The van der Waals surface area contributed by atoms with Crippen molar-refractivity contribution in [3.63, 3.8) is 0 Å². The lowest BCUT2D eigenvalue weighted by Gasteiger charge is -2.32. The Kier molecular flexibility index (Phi) is 4.69. The van der Waals surface area contributed by atoms with Crippen LogP contribution in [0.25, 0.3) is 0 Å². The van der Waals surface area contributed by atoms with Crippen molar-refractivity contribution in [3.8, 4) is 0 Å². The van der Waals surface area contributed by atoms with E-state index in [-0.39, 0.29) is 12.3 Å². The molecule has 114 valence electrons. The molecule has 1 aromatic rings. The number of piperazine rings is 1. The molecule has 2 rings (SSSR count). The van der Waals surface area contributed by atoms with Gasteiger partial charge in [-0.15, -0.1) is 0 Å². The first-order valence-electron chi connectivity index (χ1n) is 6.66. The number of carbonyl (C=O) groups is 2. The molecule has 1 fully saturated rings. The third-order valence-electron chi connectivity index (χ3n) is 3.35. The Hall–Kier alpha value is -1.80. The van der Waals surface area contributed by atoms with Crippen LogP contribution in [0.4, 0.5) is 0 Å². The highest BCUT2D eigenvalue weighted by Gasteiger charge is 2.39. The Balaban J connectivity index is 2.13. The molecule has 2 heterocycles. The summed E-state index contributed by atoms with van der Waals surface area (Å²) in [6.07, 6.45) is 3.82. The summed E-state index contributed by atoms with van der Waals surface area (Å²) in [5.74, 6) is -1.29. The van der Waals surface area contributed by atoms with Crippen molar-refractivity contribution in [2.24, 2.45) is 0 Å². The molecule has 2 amide bonds. The van der Waals surface area contributed by atoms with Gasteiger partial charge in [-0.2, -0.15) is 4.31 Å². The lowest BCUT2D eigenvalue weighted by molar-refractivity contribution is -0.137. The summed E-state index contributed by atoms with van der Waals surface area (Å²) >= 11 is 0. The van der Waals surface area contributed by atoms with Gasteiger partial charge in [0.1, 0.15) is 6.04 Å². The van der Waals surface area contributed by atoms with Crippen molar-refractivity contribution in [2.45, 2.75) is 25.8 Å². The number of hydrogen-bond acceptors (Lipinski definition) is 5. The van der Waals surface area contributed by atoms with E-state index in [0.29, 0.717) is 12.8 Å². The average molecular weight is 311 g/mol. The third kappa shape index (κ3) is 3.64. The molecule has 8 heteroatoms. The van der Waals surface area contributed by atoms with E-state index in [9.17, 15) is 18.0 Å². The van der Waals surface area contributed by atoms with Gasteiger partial charge in [-0.25, -0.2) is 8.42 Å². The number of pyridine rings is 1.